The molecule has 1 amide bonds. The molecule has 140 valence electrons. The first-order valence-corrected chi connectivity index (χ1v) is 11.1. The molecule has 3 rings (SSSR count). The number of rotatable bonds is 5. The molecule has 0 radical (unpaired) electrons. The van der Waals surface area contributed by atoms with Crippen molar-refractivity contribution in [3.63, 3.8) is 0 Å². The van der Waals surface area contributed by atoms with Gasteiger partial charge in [-0.15, -0.1) is 11.3 Å². The maximum absolute atomic E-state index is 12.7. The zero-order valence-corrected chi connectivity index (χ0v) is 16.8. The molecule has 1 fully saturated rings. The van der Waals surface area contributed by atoms with Crippen molar-refractivity contribution in [1.82, 2.24) is 4.31 Å². The van der Waals surface area contributed by atoms with Crippen LogP contribution in [0, 0.1) is 13.8 Å². The lowest BCUT2D eigenvalue weighted by molar-refractivity contribution is -0.115. The first-order valence-electron chi connectivity index (χ1n) is 8.82. The van der Waals surface area contributed by atoms with E-state index < -0.39 is 10.0 Å². The highest BCUT2D eigenvalue weighted by atomic mass is 32.2. The van der Waals surface area contributed by atoms with E-state index in [2.05, 4.69) is 5.32 Å². The first-order chi connectivity index (χ1) is 12.4. The molecule has 0 atom stereocenters. The van der Waals surface area contributed by atoms with E-state index in [1.807, 2.05) is 32.0 Å². The van der Waals surface area contributed by atoms with Gasteiger partial charge in [0.15, 0.2) is 0 Å². The van der Waals surface area contributed by atoms with E-state index in [0.717, 1.165) is 35.4 Å². The first kappa shape index (κ1) is 19.1. The number of sulfonamides is 1. The van der Waals surface area contributed by atoms with E-state index in [4.69, 9.17) is 0 Å². The predicted octanol–water partition coefficient (Wildman–Crippen LogP) is 3.72. The van der Waals surface area contributed by atoms with E-state index in [1.165, 1.54) is 16.9 Å². The fourth-order valence-electron chi connectivity index (χ4n) is 3.01. The van der Waals surface area contributed by atoms with Crippen LogP contribution < -0.4 is 5.32 Å². The quantitative estimate of drug-likeness (QED) is 0.843. The molecule has 7 heteroatoms. The van der Waals surface area contributed by atoms with Crippen LogP contribution in [0.3, 0.4) is 0 Å². The minimum Gasteiger partial charge on any atom is -0.326 e. The fourth-order valence-corrected chi connectivity index (χ4v) is 6.03. The molecule has 1 aromatic heterocycles. The molecular weight excluding hydrogens is 368 g/mol. The summed E-state index contributed by atoms with van der Waals surface area (Å²) in [5, 5.41) is 2.88. The van der Waals surface area contributed by atoms with Gasteiger partial charge in [0.1, 0.15) is 4.21 Å². The van der Waals surface area contributed by atoms with Gasteiger partial charge in [-0.3, -0.25) is 4.79 Å². The summed E-state index contributed by atoms with van der Waals surface area (Å²) in [5.41, 5.74) is 3.05. The average Bonchev–Trinajstić information content (AvgIpc) is 3.08. The van der Waals surface area contributed by atoms with Crippen molar-refractivity contribution in [2.24, 2.45) is 0 Å². The number of aryl methyl sites for hydroxylation is 2. The normalized spacial score (nSPS) is 15.8. The molecule has 1 aromatic carbocycles. The number of carbonyl (C=O) groups is 1. The van der Waals surface area contributed by atoms with Crippen LogP contribution in [0.15, 0.2) is 34.5 Å². The highest BCUT2D eigenvalue weighted by Gasteiger charge is 2.27. The number of nitrogens with one attached hydrogen (secondary N) is 1. The summed E-state index contributed by atoms with van der Waals surface area (Å²) < 4.78 is 27.2. The Bertz CT molecular complexity index is 897. The Balaban J connectivity index is 1.65. The number of piperidine rings is 1. The van der Waals surface area contributed by atoms with Gasteiger partial charge >= 0.3 is 0 Å². The van der Waals surface area contributed by atoms with Crippen LogP contribution in [0.25, 0.3) is 0 Å². The van der Waals surface area contributed by atoms with Crippen LogP contribution in [0.2, 0.25) is 0 Å². The lowest BCUT2D eigenvalue weighted by atomic mass is 10.1. The summed E-state index contributed by atoms with van der Waals surface area (Å²) >= 11 is 1.19. The largest absolute Gasteiger partial charge is 0.326 e. The topological polar surface area (TPSA) is 66.5 Å². The number of amides is 1. The van der Waals surface area contributed by atoms with Crippen LogP contribution >= 0.6 is 11.3 Å². The third-order valence-electron chi connectivity index (χ3n) is 4.67. The smallest absolute Gasteiger partial charge is 0.252 e. The molecule has 1 saturated heterocycles. The molecule has 0 aliphatic carbocycles. The van der Waals surface area contributed by atoms with Crippen LogP contribution in [0.5, 0.6) is 0 Å². The second-order valence-corrected chi connectivity index (χ2v) is 10.0. The minimum absolute atomic E-state index is 0.142. The molecule has 0 spiro atoms. The molecule has 1 aliphatic heterocycles. The summed E-state index contributed by atoms with van der Waals surface area (Å²) in [4.78, 5) is 13.0. The number of hydrogen-bond acceptors (Lipinski definition) is 4. The van der Waals surface area contributed by atoms with Gasteiger partial charge in [0, 0.05) is 23.7 Å². The second kappa shape index (κ2) is 7.90. The summed E-state index contributed by atoms with van der Waals surface area (Å²) in [6, 6.07) is 9.14. The van der Waals surface area contributed by atoms with Gasteiger partial charge in [0.25, 0.3) is 10.0 Å². The zero-order chi connectivity index (χ0) is 18.7. The number of thiophene rings is 1. The van der Waals surface area contributed by atoms with Crippen molar-refractivity contribution in [1.29, 1.82) is 0 Å². The van der Waals surface area contributed by atoms with Crippen LogP contribution in [-0.2, 0) is 21.2 Å². The lowest BCUT2D eigenvalue weighted by Gasteiger charge is -2.25. The van der Waals surface area contributed by atoms with E-state index >= 15 is 0 Å². The van der Waals surface area contributed by atoms with E-state index in [1.54, 1.807) is 16.4 Å². The molecule has 5 nitrogen and oxygen atoms in total. The Hall–Kier alpha value is -1.70. The van der Waals surface area contributed by atoms with Crippen molar-refractivity contribution in [2.75, 3.05) is 18.4 Å². The van der Waals surface area contributed by atoms with Crippen molar-refractivity contribution in [3.05, 3.63) is 46.3 Å². The average molecular weight is 393 g/mol. The summed E-state index contributed by atoms with van der Waals surface area (Å²) in [6.07, 6.45) is 3.08. The summed E-state index contributed by atoms with van der Waals surface area (Å²) in [5.74, 6) is -0.142. The molecule has 1 aliphatic rings. The number of carbonyl (C=O) groups excluding carboxylic acids is 1. The Morgan fingerprint density at radius 1 is 1.08 bits per heavy atom. The van der Waals surface area contributed by atoms with E-state index in [-0.39, 0.29) is 12.3 Å². The standard InChI is InChI=1S/C19H24N2O3S2/c1-14-6-7-16(12-15(14)2)20-18(22)13-17-8-9-19(25-17)26(23,24)21-10-4-3-5-11-21/h6-9,12H,3-5,10-11,13H2,1-2H3,(H,20,22). The molecule has 2 aromatic rings. The van der Waals surface area contributed by atoms with Gasteiger partial charge in [-0.2, -0.15) is 4.31 Å². The van der Waals surface area contributed by atoms with Gasteiger partial charge in [-0.05, 0) is 62.1 Å². The van der Waals surface area contributed by atoms with E-state index in [0.29, 0.717) is 17.3 Å². The monoisotopic (exact) mass is 392 g/mol. The Labute approximate surface area is 159 Å². The number of hydrogen-bond donors (Lipinski definition) is 1. The number of nitrogens with zero attached hydrogens (tertiary/aromatic N) is 1. The van der Waals surface area contributed by atoms with Gasteiger partial charge in [0.05, 0.1) is 6.42 Å². The maximum Gasteiger partial charge on any atom is 0.252 e. The van der Waals surface area contributed by atoms with Crippen LogP contribution in [0.1, 0.15) is 35.3 Å². The number of benzene rings is 1. The molecule has 26 heavy (non-hydrogen) atoms. The fraction of sp³-hybridized carbons (Fsp3) is 0.421. The lowest BCUT2D eigenvalue weighted by Crippen LogP contribution is -2.35. The molecule has 0 unspecified atom stereocenters. The van der Waals surface area contributed by atoms with E-state index in [9.17, 15) is 13.2 Å². The molecule has 0 saturated carbocycles. The second-order valence-electron chi connectivity index (χ2n) is 6.71. The Morgan fingerprint density at radius 2 is 1.81 bits per heavy atom. The van der Waals surface area contributed by atoms with Crippen molar-refractivity contribution < 1.29 is 13.2 Å². The van der Waals surface area contributed by atoms with Gasteiger partial charge in [0.2, 0.25) is 5.91 Å². The number of anilines is 1. The van der Waals surface area contributed by atoms with Gasteiger partial charge in [-0.1, -0.05) is 12.5 Å². The predicted molar refractivity (Wildman–Crippen MR) is 105 cm³/mol. The third-order valence-corrected chi connectivity index (χ3v) is 8.12. The molecule has 2 heterocycles. The van der Waals surface area contributed by atoms with Crippen LogP contribution in [-0.4, -0.2) is 31.7 Å². The zero-order valence-electron chi connectivity index (χ0n) is 15.1. The Morgan fingerprint density at radius 3 is 2.50 bits per heavy atom. The van der Waals surface area contributed by atoms with Gasteiger partial charge < -0.3 is 5.32 Å². The van der Waals surface area contributed by atoms with Crippen molar-refractivity contribution in [2.45, 2.75) is 43.7 Å². The SMILES string of the molecule is Cc1ccc(NC(=O)Cc2ccc(S(=O)(=O)N3CCCCC3)s2)cc1C. The van der Waals surface area contributed by atoms with Crippen LogP contribution in [0.4, 0.5) is 5.69 Å². The highest BCUT2D eigenvalue weighted by Crippen LogP contribution is 2.27. The molecular formula is C19H24N2O3S2. The molecule has 0 bridgehead atoms. The van der Waals surface area contributed by atoms with Crippen molar-refractivity contribution in [3.8, 4) is 0 Å². The minimum atomic E-state index is -3.43. The molecule has 1 N–H and O–H groups in total. The third kappa shape index (κ3) is 4.34. The maximum atomic E-state index is 12.7. The summed E-state index contributed by atoms with van der Waals surface area (Å²) in [7, 11) is -3.43. The van der Waals surface area contributed by atoms with Crippen molar-refractivity contribution >= 4 is 33.0 Å². The summed E-state index contributed by atoms with van der Waals surface area (Å²) in [6.45, 7) is 5.20. The van der Waals surface area contributed by atoms with Gasteiger partial charge in [-0.25, -0.2) is 8.42 Å². The highest BCUT2D eigenvalue weighted by molar-refractivity contribution is 7.91. The Kier molecular flexibility index (Phi) is 5.79.